The average molecular weight is 237 g/mol. The summed E-state index contributed by atoms with van der Waals surface area (Å²) < 4.78 is 13.0. The Balaban J connectivity index is 2.11. The average Bonchev–Trinajstić information content (AvgIpc) is 2.29. The highest BCUT2D eigenvalue weighted by Crippen LogP contribution is 2.27. The molecule has 0 aliphatic carbocycles. The summed E-state index contributed by atoms with van der Waals surface area (Å²) in [6, 6.07) is 0. The molecule has 3 atom stereocenters. The second-order valence-corrected chi connectivity index (χ2v) is 4.22. The molecule has 68 valence electrons. The van der Waals surface area contributed by atoms with Gasteiger partial charge in [0.25, 0.3) is 0 Å². The molecule has 0 aromatic carbocycles. The molecule has 1 fully saturated rings. The molecule has 2 aliphatic rings. The molecule has 6 heteroatoms. The number of piperidine rings is 1. The lowest BCUT2D eigenvalue weighted by Crippen LogP contribution is -2.52. The minimum absolute atomic E-state index is 0.0444. The van der Waals surface area contributed by atoms with Gasteiger partial charge >= 0.3 is 0 Å². The lowest BCUT2D eigenvalue weighted by atomic mass is 10.1. The Labute approximate surface area is 78.1 Å². The van der Waals surface area contributed by atoms with E-state index in [4.69, 9.17) is 5.73 Å². The van der Waals surface area contributed by atoms with Gasteiger partial charge in [-0.05, 0) is 6.42 Å². The first-order chi connectivity index (χ1) is 5.66. The number of hydrogen-bond donors (Lipinski definition) is 2. The van der Waals surface area contributed by atoms with Crippen molar-refractivity contribution in [2.75, 3.05) is 6.54 Å². The molecule has 2 heterocycles. The Morgan fingerprint density at radius 1 is 1.75 bits per heavy atom. The van der Waals surface area contributed by atoms with E-state index in [1.807, 2.05) is 0 Å². The van der Waals surface area contributed by atoms with Gasteiger partial charge in [-0.25, -0.2) is 9.38 Å². The SMILES string of the molecule is NC1=NC2C(Br)CC(F)CN2N1. The summed E-state index contributed by atoms with van der Waals surface area (Å²) in [4.78, 5) is 4.17. The van der Waals surface area contributed by atoms with Crippen LogP contribution in [0.25, 0.3) is 0 Å². The van der Waals surface area contributed by atoms with Gasteiger partial charge in [-0.1, -0.05) is 15.9 Å². The van der Waals surface area contributed by atoms with Gasteiger partial charge in [0.05, 0.1) is 11.4 Å². The number of nitrogens with two attached hydrogens (primary N) is 1. The summed E-state index contributed by atoms with van der Waals surface area (Å²) in [7, 11) is 0. The van der Waals surface area contributed by atoms with Gasteiger partial charge in [0.2, 0.25) is 5.96 Å². The Morgan fingerprint density at radius 2 is 2.50 bits per heavy atom. The molecule has 0 aromatic heterocycles. The van der Waals surface area contributed by atoms with E-state index in [0.29, 0.717) is 18.9 Å². The van der Waals surface area contributed by atoms with Crippen molar-refractivity contribution in [1.82, 2.24) is 10.4 Å². The van der Waals surface area contributed by atoms with E-state index in [1.165, 1.54) is 0 Å². The van der Waals surface area contributed by atoms with Crippen LogP contribution in [0, 0.1) is 0 Å². The normalized spacial score (nSPS) is 41.8. The first-order valence-electron chi connectivity index (χ1n) is 3.81. The van der Waals surface area contributed by atoms with Crippen LogP contribution in [0.15, 0.2) is 4.99 Å². The van der Waals surface area contributed by atoms with Crippen LogP contribution in [0.4, 0.5) is 4.39 Å². The Kier molecular flexibility index (Phi) is 1.96. The molecule has 1 saturated heterocycles. The fraction of sp³-hybridized carbons (Fsp3) is 0.833. The molecular formula is C6H10BrFN4. The maximum Gasteiger partial charge on any atom is 0.205 e. The highest BCUT2D eigenvalue weighted by Gasteiger charge is 2.38. The fourth-order valence-corrected chi connectivity index (χ4v) is 2.35. The molecule has 12 heavy (non-hydrogen) atoms. The van der Waals surface area contributed by atoms with Crippen molar-refractivity contribution in [2.24, 2.45) is 10.7 Å². The minimum atomic E-state index is -0.806. The number of guanidine groups is 1. The first kappa shape index (κ1) is 8.25. The van der Waals surface area contributed by atoms with Crippen molar-refractivity contribution >= 4 is 21.9 Å². The molecule has 2 aliphatic heterocycles. The highest BCUT2D eigenvalue weighted by molar-refractivity contribution is 9.09. The zero-order valence-electron chi connectivity index (χ0n) is 6.37. The van der Waals surface area contributed by atoms with Crippen molar-refractivity contribution in [2.45, 2.75) is 23.6 Å². The minimum Gasteiger partial charge on any atom is -0.369 e. The molecule has 3 unspecified atom stereocenters. The monoisotopic (exact) mass is 236 g/mol. The molecule has 0 spiro atoms. The van der Waals surface area contributed by atoms with Gasteiger partial charge in [0.15, 0.2) is 0 Å². The molecule has 0 amide bonds. The number of hydrogen-bond acceptors (Lipinski definition) is 4. The molecule has 0 saturated carbocycles. The molecule has 0 radical (unpaired) electrons. The van der Waals surface area contributed by atoms with Crippen LogP contribution >= 0.6 is 15.9 Å². The van der Waals surface area contributed by atoms with E-state index in [0.717, 1.165) is 0 Å². The Morgan fingerprint density at radius 3 is 3.25 bits per heavy atom. The molecule has 4 nitrogen and oxygen atoms in total. The standard InChI is InChI=1S/C6H10BrFN4/c7-4-1-3(8)2-12-5(4)10-6(9)11-12/h3-5H,1-2H2,(H3,9,10,11). The molecule has 2 rings (SSSR count). The van der Waals surface area contributed by atoms with Crippen LogP contribution in [0.2, 0.25) is 0 Å². The molecule has 0 bridgehead atoms. The summed E-state index contributed by atoms with van der Waals surface area (Å²) >= 11 is 3.38. The smallest absolute Gasteiger partial charge is 0.205 e. The van der Waals surface area contributed by atoms with Gasteiger partial charge in [-0.3, -0.25) is 5.43 Å². The van der Waals surface area contributed by atoms with E-state index in [9.17, 15) is 4.39 Å². The van der Waals surface area contributed by atoms with Crippen LogP contribution in [0.3, 0.4) is 0 Å². The summed E-state index contributed by atoms with van der Waals surface area (Å²) in [5.74, 6) is 0.374. The quantitative estimate of drug-likeness (QED) is 0.581. The predicted molar refractivity (Wildman–Crippen MR) is 47.5 cm³/mol. The number of hydrazine groups is 1. The summed E-state index contributed by atoms with van der Waals surface area (Å²) in [6.07, 6.45) is -0.351. The maximum atomic E-state index is 13.0. The van der Waals surface area contributed by atoms with Crippen LogP contribution in [0.1, 0.15) is 6.42 Å². The summed E-state index contributed by atoms with van der Waals surface area (Å²) in [5.41, 5.74) is 8.26. The van der Waals surface area contributed by atoms with Crippen molar-refractivity contribution in [3.63, 3.8) is 0 Å². The number of fused-ring (bicyclic) bond motifs is 1. The van der Waals surface area contributed by atoms with Crippen molar-refractivity contribution < 1.29 is 4.39 Å². The molecular weight excluding hydrogens is 227 g/mol. The third-order valence-corrected chi connectivity index (χ3v) is 2.89. The second-order valence-electron chi connectivity index (χ2n) is 3.04. The number of rotatable bonds is 0. The Hall–Kier alpha value is -0.360. The van der Waals surface area contributed by atoms with E-state index < -0.39 is 6.17 Å². The van der Waals surface area contributed by atoms with Crippen molar-refractivity contribution in [3.8, 4) is 0 Å². The topological polar surface area (TPSA) is 53.6 Å². The molecule has 3 N–H and O–H groups in total. The number of alkyl halides is 2. The van der Waals surface area contributed by atoms with Crippen LogP contribution in [0.5, 0.6) is 0 Å². The maximum absolute atomic E-state index is 13.0. The molecule has 0 aromatic rings. The van der Waals surface area contributed by atoms with Gasteiger partial charge in [-0.2, -0.15) is 5.01 Å². The van der Waals surface area contributed by atoms with Crippen molar-refractivity contribution in [3.05, 3.63) is 0 Å². The third kappa shape index (κ3) is 1.29. The third-order valence-electron chi connectivity index (χ3n) is 2.05. The lowest BCUT2D eigenvalue weighted by Gasteiger charge is -2.33. The number of halogens is 2. The number of nitrogens with one attached hydrogen (secondary N) is 1. The fourth-order valence-electron chi connectivity index (χ4n) is 1.54. The zero-order chi connectivity index (χ0) is 8.72. The van der Waals surface area contributed by atoms with E-state index in [-0.39, 0.29) is 11.0 Å². The van der Waals surface area contributed by atoms with Gasteiger partial charge in [-0.15, -0.1) is 0 Å². The van der Waals surface area contributed by atoms with Crippen LogP contribution < -0.4 is 11.2 Å². The van der Waals surface area contributed by atoms with Gasteiger partial charge < -0.3 is 5.73 Å². The first-order valence-corrected chi connectivity index (χ1v) is 4.73. The lowest BCUT2D eigenvalue weighted by molar-refractivity contribution is 0.0867. The van der Waals surface area contributed by atoms with Gasteiger partial charge in [0, 0.05) is 0 Å². The van der Waals surface area contributed by atoms with E-state index in [2.05, 4.69) is 26.3 Å². The predicted octanol–water partition coefficient (Wildman–Crippen LogP) is -0.0473. The van der Waals surface area contributed by atoms with Crippen LogP contribution in [-0.4, -0.2) is 34.7 Å². The number of nitrogens with zero attached hydrogens (tertiary/aromatic N) is 2. The highest BCUT2D eigenvalue weighted by atomic mass is 79.9. The second kappa shape index (κ2) is 2.85. The zero-order valence-corrected chi connectivity index (χ0v) is 7.96. The van der Waals surface area contributed by atoms with Crippen molar-refractivity contribution in [1.29, 1.82) is 0 Å². The van der Waals surface area contributed by atoms with E-state index in [1.54, 1.807) is 5.01 Å². The summed E-state index contributed by atoms with van der Waals surface area (Å²) in [6.45, 7) is 0.358. The van der Waals surface area contributed by atoms with Crippen LogP contribution in [-0.2, 0) is 0 Å². The Bertz CT molecular complexity index is 222. The van der Waals surface area contributed by atoms with E-state index >= 15 is 0 Å². The van der Waals surface area contributed by atoms with Gasteiger partial charge in [0.1, 0.15) is 12.3 Å². The largest absolute Gasteiger partial charge is 0.369 e. The number of aliphatic imine (C=N–C) groups is 1. The summed E-state index contributed by atoms with van der Waals surface area (Å²) in [5, 5.41) is 1.73.